The van der Waals surface area contributed by atoms with E-state index < -0.39 is 0 Å². The summed E-state index contributed by atoms with van der Waals surface area (Å²) < 4.78 is 0. The second-order valence-corrected chi connectivity index (χ2v) is 5.15. The summed E-state index contributed by atoms with van der Waals surface area (Å²) in [6.07, 6.45) is 3.24. The van der Waals surface area contributed by atoms with E-state index in [-0.39, 0.29) is 11.3 Å². The van der Waals surface area contributed by atoms with Crippen LogP contribution in [0.15, 0.2) is 0 Å². The zero-order valence-corrected chi connectivity index (χ0v) is 8.55. The van der Waals surface area contributed by atoms with Gasteiger partial charge in [-0.1, -0.05) is 0 Å². The third-order valence-electron chi connectivity index (χ3n) is 2.74. The minimum Gasteiger partial charge on any atom is -0.340 e. The lowest BCUT2D eigenvalue weighted by Gasteiger charge is -2.19. The SMILES string of the molecule is NC1CCN(C(=O)C2CCCS2)C1. The normalized spacial score (nSPS) is 34.1. The van der Waals surface area contributed by atoms with Gasteiger partial charge in [-0.3, -0.25) is 4.79 Å². The summed E-state index contributed by atoms with van der Waals surface area (Å²) in [6, 6.07) is 0.218. The molecule has 2 heterocycles. The van der Waals surface area contributed by atoms with E-state index in [1.54, 1.807) is 11.8 Å². The van der Waals surface area contributed by atoms with Crippen molar-refractivity contribution in [2.75, 3.05) is 18.8 Å². The average molecular weight is 200 g/mol. The first kappa shape index (κ1) is 9.34. The van der Waals surface area contributed by atoms with Gasteiger partial charge in [-0.2, -0.15) is 0 Å². The van der Waals surface area contributed by atoms with E-state index in [0.29, 0.717) is 5.91 Å². The van der Waals surface area contributed by atoms with Crippen LogP contribution in [0.5, 0.6) is 0 Å². The molecule has 4 heteroatoms. The second kappa shape index (κ2) is 3.88. The van der Waals surface area contributed by atoms with Crippen LogP contribution in [0.3, 0.4) is 0 Å². The lowest BCUT2D eigenvalue weighted by molar-refractivity contribution is -0.129. The van der Waals surface area contributed by atoms with E-state index in [1.165, 1.54) is 6.42 Å². The topological polar surface area (TPSA) is 46.3 Å². The van der Waals surface area contributed by atoms with Crippen molar-refractivity contribution >= 4 is 17.7 Å². The Labute approximate surface area is 83.0 Å². The van der Waals surface area contributed by atoms with Crippen molar-refractivity contribution in [3.63, 3.8) is 0 Å². The number of hydrogen-bond acceptors (Lipinski definition) is 3. The Balaban J connectivity index is 1.89. The number of nitrogens with zero attached hydrogens (tertiary/aromatic N) is 1. The molecular weight excluding hydrogens is 184 g/mol. The van der Waals surface area contributed by atoms with E-state index in [0.717, 1.165) is 31.7 Å². The molecular formula is C9H16N2OS. The molecule has 13 heavy (non-hydrogen) atoms. The fourth-order valence-electron chi connectivity index (χ4n) is 1.96. The molecule has 3 nitrogen and oxygen atoms in total. The zero-order valence-electron chi connectivity index (χ0n) is 7.74. The number of carbonyl (C=O) groups excluding carboxylic acids is 1. The zero-order chi connectivity index (χ0) is 9.26. The number of likely N-dealkylation sites (tertiary alicyclic amines) is 1. The van der Waals surface area contributed by atoms with Crippen LogP contribution in [0.25, 0.3) is 0 Å². The van der Waals surface area contributed by atoms with Crippen LogP contribution >= 0.6 is 11.8 Å². The van der Waals surface area contributed by atoms with Crippen LogP contribution in [-0.2, 0) is 4.79 Å². The first-order chi connectivity index (χ1) is 6.27. The molecule has 0 aliphatic carbocycles. The minimum absolute atomic E-state index is 0.218. The summed E-state index contributed by atoms with van der Waals surface area (Å²) >= 11 is 1.81. The van der Waals surface area contributed by atoms with Crippen molar-refractivity contribution in [2.24, 2.45) is 5.73 Å². The van der Waals surface area contributed by atoms with Crippen LogP contribution in [0.2, 0.25) is 0 Å². The molecule has 74 valence electrons. The van der Waals surface area contributed by atoms with Crippen LogP contribution in [0, 0.1) is 0 Å². The summed E-state index contributed by atoms with van der Waals surface area (Å²) in [7, 11) is 0. The number of amides is 1. The predicted molar refractivity (Wildman–Crippen MR) is 54.7 cm³/mol. The molecule has 0 aromatic heterocycles. The lowest BCUT2D eigenvalue weighted by atomic mass is 10.2. The van der Waals surface area contributed by atoms with Crippen molar-refractivity contribution < 1.29 is 4.79 Å². The molecule has 1 amide bonds. The highest BCUT2D eigenvalue weighted by Gasteiger charge is 2.31. The third kappa shape index (κ3) is 1.99. The van der Waals surface area contributed by atoms with Gasteiger partial charge < -0.3 is 10.6 Å². The fourth-order valence-corrected chi connectivity index (χ4v) is 3.21. The first-order valence-corrected chi connectivity index (χ1v) is 5.98. The largest absolute Gasteiger partial charge is 0.340 e. The Morgan fingerprint density at radius 3 is 2.85 bits per heavy atom. The van der Waals surface area contributed by atoms with Gasteiger partial charge in [0.25, 0.3) is 0 Å². The van der Waals surface area contributed by atoms with Gasteiger partial charge in [-0.15, -0.1) is 11.8 Å². The molecule has 0 aromatic rings. The molecule has 2 saturated heterocycles. The van der Waals surface area contributed by atoms with Gasteiger partial charge in [0.1, 0.15) is 0 Å². The fraction of sp³-hybridized carbons (Fsp3) is 0.889. The van der Waals surface area contributed by atoms with Crippen LogP contribution < -0.4 is 5.73 Å². The minimum atomic E-state index is 0.218. The van der Waals surface area contributed by atoms with E-state index in [1.807, 2.05) is 4.90 Å². The summed E-state index contributed by atoms with van der Waals surface area (Å²) in [5.74, 6) is 1.48. The smallest absolute Gasteiger partial charge is 0.235 e. The van der Waals surface area contributed by atoms with Gasteiger partial charge >= 0.3 is 0 Å². The quantitative estimate of drug-likeness (QED) is 0.668. The summed E-state index contributed by atoms with van der Waals surface area (Å²) in [5, 5.41) is 0.241. The first-order valence-electron chi connectivity index (χ1n) is 4.93. The molecule has 2 aliphatic heterocycles. The molecule has 2 unspecified atom stereocenters. The monoisotopic (exact) mass is 200 g/mol. The summed E-state index contributed by atoms with van der Waals surface area (Å²) in [4.78, 5) is 13.8. The van der Waals surface area contributed by atoms with Crippen molar-refractivity contribution in [3.8, 4) is 0 Å². The van der Waals surface area contributed by atoms with Gasteiger partial charge in [-0.25, -0.2) is 0 Å². The highest BCUT2D eigenvalue weighted by Crippen LogP contribution is 2.28. The molecule has 2 fully saturated rings. The van der Waals surface area contributed by atoms with Gasteiger partial charge in [0, 0.05) is 19.1 Å². The van der Waals surface area contributed by atoms with Crippen molar-refractivity contribution in [1.29, 1.82) is 0 Å². The molecule has 0 radical (unpaired) electrons. The second-order valence-electron chi connectivity index (χ2n) is 3.83. The standard InChI is InChI=1S/C9H16N2OS/c10-7-3-4-11(6-7)9(12)8-2-1-5-13-8/h7-8H,1-6,10H2. The van der Waals surface area contributed by atoms with Crippen LogP contribution in [-0.4, -0.2) is 40.9 Å². The Bertz CT molecular complexity index is 204. The van der Waals surface area contributed by atoms with E-state index in [4.69, 9.17) is 5.73 Å². The highest BCUT2D eigenvalue weighted by atomic mass is 32.2. The Hall–Kier alpha value is -0.220. The van der Waals surface area contributed by atoms with Gasteiger partial charge in [0.15, 0.2) is 0 Å². The third-order valence-corrected chi connectivity index (χ3v) is 4.11. The van der Waals surface area contributed by atoms with E-state index in [2.05, 4.69) is 0 Å². The predicted octanol–water partition coefficient (Wildman–Crippen LogP) is 0.442. The van der Waals surface area contributed by atoms with Gasteiger partial charge in [0.05, 0.1) is 5.25 Å². The summed E-state index contributed by atoms with van der Waals surface area (Å²) in [5.41, 5.74) is 5.76. The number of carbonyl (C=O) groups is 1. The van der Waals surface area contributed by atoms with Gasteiger partial charge in [-0.05, 0) is 25.0 Å². The lowest BCUT2D eigenvalue weighted by Crippen LogP contribution is -2.36. The number of nitrogens with two attached hydrogens (primary N) is 1. The Morgan fingerprint density at radius 2 is 2.31 bits per heavy atom. The van der Waals surface area contributed by atoms with Crippen molar-refractivity contribution in [3.05, 3.63) is 0 Å². The molecule has 2 rings (SSSR count). The molecule has 0 bridgehead atoms. The van der Waals surface area contributed by atoms with E-state index in [9.17, 15) is 4.79 Å². The molecule has 2 aliphatic rings. The number of thioether (sulfide) groups is 1. The van der Waals surface area contributed by atoms with Crippen LogP contribution in [0.4, 0.5) is 0 Å². The summed E-state index contributed by atoms with van der Waals surface area (Å²) in [6.45, 7) is 1.65. The molecule has 2 atom stereocenters. The Kier molecular flexibility index (Phi) is 2.79. The number of rotatable bonds is 1. The molecule has 0 aromatic carbocycles. The average Bonchev–Trinajstić information content (AvgIpc) is 2.72. The molecule has 0 spiro atoms. The van der Waals surface area contributed by atoms with Crippen molar-refractivity contribution in [1.82, 2.24) is 4.90 Å². The maximum Gasteiger partial charge on any atom is 0.235 e. The van der Waals surface area contributed by atoms with Gasteiger partial charge in [0.2, 0.25) is 5.91 Å². The highest BCUT2D eigenvalue weighted by molar-refractivity contribution is 8.00. The van der Waals surface area contributed by atoms with Crippen LogP contribution in [0.1, 0.15) is 19.3 Å². The van der Waals surface area contributed by atoms with E-state index >= 15 is 0 Å². The number of hydrogen-bond donors (Lipinski definition) is 1. The maximum absolute atomic E-state index is 11.8. The van der Waals surface area contributed by atoms with Crippen molar-refractivity contribution in [2.45, 2.75) is 30.6 Å². The Morgan fingerprint density at radius 1 is 1.46 bits per heavy atom. The molecule has 0 saturated carbocycles. The maximum atomic E-state index is 11.8. The molecule has 2 N–H and O–H groups in total.